The van der Waals surface area contributed by atoms with Gasteiger partial charge in [-0.2, -0.15) is 4.99 Å². The third-order valence-corrected chi connectivity index (χ3v) is 5.06. The van der Waals surface area contributed by atoms with Crippen LogP contribution in [0.5, 0.6) is 0 Å². The Kier molecular flexibility index (Phi) is 5.66. The van der Waals surface area contributed by atoms with Crippen molar-refractivity contribution in [2.24, 2.45) is 4.99 Å². The minimum atomic E-state index is -0.885. The first kappa shape index (κ1) is 18.5. The molecular formula is C18H12Cl2N2O3S. The molecule has 8 heteroatoms. The monoisotopic (exact) mass is 406 g/mol. The van der Waals surface area contributed by atoms with Crippen molar-refractivity contribution < 1.29 is 14.7 Å². The minimum Gasteiger partial charge on any atom is -0.481 e. The number of hydrogen-bond acceptors (Lipinski definition) is 4. The summed E-state index contributed by atoms with van der Waals surface area (Å²) in [7, 11) is 0. The van der Waals surface area contributed by atoms with E-state index in [4.69, 9.17) is 28.3 Å². The second-order valence-electron chi connectivity index (χ2n) is 5.40. The Labute approximate surface area is 163 Å². The molecule has 1 aliphatic heterocycles. The molecule has 0 aliphatic carbocycles. The minimum absolute atomic E-state index is 0.0367. The van der Waals surface area contributed by atoms with Gasteiger partial charge in [-0.25, -0.2) is 0 Å². The van der Waals surface area contributed by atoms with Crippen LogP contribution >= 0.6 is 35.0 Å². The SMILES string of the molecule is O=C(O)Cc1ccc(NC2=NC(=O)/C(=C/c3ccc(Cl)c(Cl)c3)S2)cc1. The van der Waals surface area contributed by atoms with Gasteiger partial charge in [0.2, 0.25) is 0 Å². The number of amidine groups is 1. The number of nitrogens with one attached hydrogen (secondary N) is 1. The van der Waals surface area contributed by atoms with E-state index in [0.717, 1.165) is 5.56 Å². The van der Waals surface area contributed by atoms with Crippen LogP contribution in [0.15, 0.2) is 52.4 Å². The summed E-state index contributed by atoms with van der Waals surface area (Å²) in [6, 6.07) is 12.0. The predicted octanol–water partition coefficient (Wildman–Crippen LogP) is 4.70. The molecule has 0 spiro atoms. The number of aliphatic carboxylic acids is 1. The van der Waals surface area contributed by atoms with Gasteiger partial charge < -0.3 is 10.4 Å². The molecular weight excluding hydrogens is 395 g/mol. The quantitative estimate of drug-likeness (QED) is 0.719. The largest absolute Gasteiger partial charge is 0.481 e. The van der Waals surface area contributed by atoms with Crippen LogP contribution in [0.1, 0.15) is 11.1 Å². The fraction of sp³-hybridized carbons (Fsp3) is 0.0556. The molecule has 1 aliphatic rings. The number of anilines is 1. The summed E-state index contributed by atoms with van der Waals surface area (Å²) in [6.45, 7) is 0. The molecule has 1 heterocycles. The molecule has 0 atom stereocenters. The van der Waals surface area contributed by atoms with Crippen LogP contribution in [0.3, 0.4) is 0 Å². The maximum atomic E-state index is 12.1. The Hall–Kier alpha value is -2.28. The lowest BCUT2D eigenvalue weighted by atomic mass is 10.1. The topological polar surface area (TPSA) is 78.8 Å². The van der Waals surface area contributed by atoms with Gasteiger partial charge in [0, 0.05) is 5.69 Å². The Bertz CT molecular complexity index is 940. The van der Waals surface area contributed by atoms with Gasteiger partial charge in [-0.15, -0.1) is 0 Å². The van der Waals surface area contributed by atoms with E-state index >= 15 is 0 Å². The second kappa shape index (κ2) is 7.95. The molecule has 0 bridgehead atoms. The van der Waals surface area contributed by atoms with E-state index in [1.807, 2.05) is 0 Å². The van der Waals surface area contributed by atoms with E-state index in [1.165, 1.54) is 11.8 Å². The number of aliphatic imine (C=N–C) groups is 1. The van der Waals surface area contributed by atoms with Crippen molar-refractivity contribution in [1.29, 1.82) is 0 Å². The number of halogens is 2. The number of benzene rings is 2. The Balaban J connectivity index is 1.68. The molecule has 0 saturated carbocycles. The fourth-order valence-corrected chi connectivity index (χ4v) is 3.36. The molecule has 1 amide bonds. The average molecular weight is 407 g/mol. The summed E-state index contributed by atoms with van der Waals surface area (Å²) in [5.74, 6) is -1.23. The average Bonchev–Trinajstić information content (AvgIpc) is 2.92. The van der Waals surface area contributed by atoms with E-state index in [-0.39, 0.29) is 12.3 Å². The summed E-state index contributed by atoms with van der Waals surface area (Å²) in [5.41, 5.74) is 2.17. The normalized spacial score (nSPS) is 15.2. The van der Waals surface area contributed by atoms with Crippen molar-refractivity contribution in [3.63, 3.8) is 0 Å². The summed E-state index contributed by atoms with van der Waals surface area (Å²) >= 11 is 13.1. The summed E-state index contributed by atoms with van der Waals surface area (Å²) in [6.07, 6.45) is 1.66. The second-order valence-corrected chi connectivity index (χ2v) is 7.24. The van der Waals surface area contributed by atoms with Crippen LogP contribution in [0.2, 0.25) is 10.0 Å². The number of nitrogens with zero attached hydrogens (tertiary/aromatic N) is 1. The van der Waals surface area contributed by atoms with Crippen molar-refractivity contribution in [3.8, 4) is 0 Å². The zero-order valence-electron chi connectivity index (χ0n) is 13.2. The van der Waals surface area contributed by atoms with Crippen LogP contribution in [0, 0.1) is 0 Å². The Morgan fingerprint density at radius 2 is 1.88 bits per heavy atom. The first-order chi connectivity index (χ1) is 12.4. The van der Waals surface area contributed by atoms with Crippen molar-refractivity contribution in [2.45, 2.75) is 6.42 Å². The number of carboxylic acids is 1. The lowest BCUT2D eigenvalue weighted by Crippen LogP contribution is -2.05. The molecule has 5 nitrogen and oxygen atoms in total. The zero-order valence-corrected chi connectivity index (χ0v) is 15.5. The number of rotatable bonds is 4. The van der Waals surface area contributed by atoms with Gasteiger partial charge in [0.05, 0.1) is 21.4 Å². The fourth-order valence-electron chi connectivity index (χ4n) is 2.22. The number of carbonyl (C=O) groups is 2. The van der Waals surface area contributed by atoms with Crippen LogP contribution in [0.25, 0.3) is 6.08 Å². The molecule has 0 unspecified atom stereocenters. The van der Waals surface area contributed by atoms with Gasteiger partial charge >= 0.3 is 5.97 Å². The molecule has 132 valence electrons. The highest BCUT2D eigenvalue weighted by molar-refractivity contribution is 8.18. The van der Waals surface area contributed by atoms with E-state index in [0.29, 0.717) is 31.4 Å². The smallest absolute Gasteiger partial charge is 0.307 e. The molecule has 0 saturated heterocycles. The van der Waals surface area contributed by atoms with Crippen LogP contribution in [0.4, 0.5) is 5.69 Å². The van der Waals surface area contributed by atoms with Crippen LogP contribution in [-0.4, -0.2) is 22.2 Å². The third-order valence-electron chi connectivity index (χ3n) is 3.42. The molecule has 3 rings (SSSR count). The first-order valence-electron chi connectivity index (χ1n) is 7.46. The maximum Gasteiger partial charge on any atom is 0.307 e. The van der Waals surface area contributed by atoms with Gasteiger partial charge in [-0.1, -0.05) is 41.4 Å². The molecule has 0 fully saturated rings. The highest BCUT2D eigenvalue weighted by Crippen LogP contribution is 2.31. The standard InChI is InChI=1S/C18H12Cl2N2O3S/c19-13-6-3-11(7-14(13)20)8-15-17(25)22-18(26-15)21-12-4-1-10(2-5-12)9-16(23)24/h1-8H,9H2,(H,23,24)(H,21,22,25)/b15-8-. The van der Waals surface area contributed by atoms with Crippen molar-refractivity contribution in [2.75, 3.05) is 5.32 Å². The molecule has 0 radical (unpaired) electrons. The zero-order chi connectivity index (χ0) is 18.7. The number of amides is 1. The van der Waals surface area contributed by atoms with Gasteiger partial charge in [0.25, 0.3) is 5.91 Å². The van der Waals surface area contributed by atoms with Crippen molar-refractivity contribution >= 4 is 63.8 Å². The lowest BCUT2D eigenvalue weighted by Gasteiger charge is -2.05. The number of hydrogen-bond donors (Lipinski definition) is 2. The first-order valence-corrected chi connectivity index (χ1v) is 9.03. The molecule has 0 aromatic heterocycles. The summed E-state index contributed by atoms with van der Waals surface area (Å²) < 4.78 is 0. The van der Waals surface area contributed by atoms with E-state index in [9.17, 15) is 9.59 Å². The highest BCUT2D eigenvalue weighted by atomic mass is 35.5. The van der Waals surface area contributed by atoms with Crippen molar-refractivity contribution in [3.05, 3.63) is 68.5 Å². The number of thioether (sulfide) groups is 1. The Morgan fingerprint density at radius 1 is 1.15 bits per heavy atom. The molecule has 2 N–H and O–H groups in total. The third kappa shape index (κ3) is 4.66. The van der Waals surface area contributed by atoms with E-state index in [2.05, 4.69) is 10.3 Å². The highest BCUT2D eigenvalue weighted by Gasteiger charge is 2.22. The van der Waals surface area contributed by atoms with Crippen LogP contribution < -0.4 is 5.32 Å². The van der Waals surface area contributed by atoms with Gasteiger partial charge in [-0.3, -0.25) is 9.59 Å². The number of carboxylic acid groups (broad SMARTS) is 1. The summed E-state index contributed by atoms with van der Waals surface area (Å²) in [4.78, 5) is 27.2. The molecule has 2 aromatic carbocycles. The summed E-state index contributed by atoms with van der Waals surface area (Å²) in [5, 5.41) is 13.1. The lowest BCUT2D eigenvalue weighted by molar-refractivity contribution is -0.136. The van der Waals surface area contributed by atoms with E-state index < -0.39 is 5.97 Å². The van der Waals surface area contributed by atoms with Crippen molar-refractivity contribution in [1.82, 2.24) is 0 Å². The van der Waals surface area contributed by atoms with E-state index in [1.54, 1.807) is 48.5 Å². The predicted molar refractivity (Wildman–Crippen MR) is 106 cm³/mol. The molecule has 26 heavy (non-hydrogen) atoms. The van der Waals surface area contributed by atoms with Gasteiger partial charge in [0.1, 0.15) is 0 Å². The van der Waals surface area contributed by atoms with Gasteiger partial charge in [0.15, 0.2) is 5.17 Å². The number of carbonyl (C=O) groups excluding carboxylic acids is 1. The Morgan fingerprint density at radius 3 is 2.54 bits per heavy atom. The molecule has 2 aromatic rings. The van der Waals surface area contributed by atoms with Gasteiger partial charge in [-0.05, 0) is 53.2 Å². The van der Waals surface area contributed by atoms with Crippen LogP contribution in [-0.2, 0) is 16.0 Å². The maximum absolute atomic E-state index is 12.1.